The number of rotatable bonds is 7. The number of likely N-dealkylation sites (tertiary alicyclic amines) is 1. The standard InChI is InChI=1S/C27H34N2O7S/c1-19-7-8-20(2)23(11-19)26(30)28-13-24(33-3)25(14-28)36-22-6-4-5-21(12-22)15-37(31,32)29-9-10-35-27(16-29)17-34-18-27/h4-8,11-12,24-25H,9-10,13-18H2,1-3H3. The molecule has 3 aliphatic rings. The molecule has 1 amide bonds. The van der Waals surface area contributed by atoms with Crippen molar-refractivity contribution in [1.29, 1.82) is 0 Å². The van der Waals surface area contributed by atoms with Crippen molar-refractivity contribution in [3.8, 4) is 5.75 Å². The average Bonchev–Trinajstić information content (AvgIpc) is 3.27. The Labute approximate surface area is 218 Å². The van der Waals surface area contributed by atoms with E-state index in [1.54, 1.807) is 36.3 Å². The molecule has 0 aliphatic carbocycles. The number of aryl methyl sites for hydroxylation is 2. The van der Waals surface area contributed by atoms with Crippen LogP contribution in [0.5, 0.6) is 5.75 Å². The summed E-state index contributed by atoms with van der Waals surface area (Å²) < 4.78 is 50.7. The molecule has 5 rings (SSSR count). The highest BCUT2D eigenvalue weighted by molar-refractivity contribution is 7.88. The zero-order valence-electron chi connectivity index (χ0n) is 21.5. The van der Waals surface area contributed by atoms with Gasteiger partial charge >= 0.3 is 0 Å². The lowest BCUT2D eigenvalue weighted by Crippen LogP contribution is -2.63. The van der Waals surface area contributed by atoms with Crippen molar-refractivity contribution in [3.05, 3.63) is 64.7 Å². The Kier molecular flexibility index (Phi) is 7.30. The highest BCUT2D eigenvalue weighted by atomic mass is 32.2. The number of methoxy groups -OCH3 is 1. The highest BCUT2D eigenvalue weighted by Gasteiger charge is 2.46. The minimum absolute atomic E-state index is 0.0469. The van der Waals surface area contributed by atoms with Crippen LogP contribution in [-0.2, 0) is 30.0 Å². The van der Waals surface area contributed by atoms with Crippen LogP contribution in [0.3, 0.4) is 0 Å². The summed E-state index contributed by atoms with van der Waals surface area (Å²) in [5.74, 6) is 0.373. The Morgan fingerprint density at radius 1 is 1.11 bits per heavy atom. The quantitative estimate of drug-likeness (QED) is 0.542. The zero-order valence-corrected chi connectivity index (χ0v) is 22.3. The first kappa shape index (κ1) is 26.1. The largest absolute Gasteiger partial charge is 0.486 e. The fraction of sp³-hybridized carbons (Fsp3) is 0.519. The molecule has 3 aliphatic heterocycles. The predicted molar refractivity (Wildman–Crippen MR) is 137 cm³/mol. The number of carbonyl (C=O) groups excluding carboxylic acids is 1. The van der Waals surface area contributed by atoms with E-state index >= 15 is 0 Å². The van der Waals surface area contributed by atoms with Crippen molar-refractivity contribution >= 4 is 15.9 Å². The third-order valence-electron chi connectivity index (χ3n) is 7.30. The van der Waals surface area contributed by atoms with E-state index in [0.717, 1.165) is 11.1 Å². The molecule has 1 spiro atoms. The van der Waals surface area contributed by atoms with Crippen LogP contribution in [0.4, 0.5) is 0 Å². The first-order chi connectivity index (χ1) is 17.7. The lowest BCUT2D eigenvalue weighted by Gasteiger charge is -2.47. The van der Waals surface area contributed by atoms with Gasteiger partial charge in [-0.1, -0.05) is 29.8 Å². The maximum absolute atomic E-state index is 13.2. The van der Waals surface area contributed by atoms with Gasteiger partial charge in [0.1, 0.15) is 23.6 Å². The molecule has 2 aromatic rings. The number of hydrogen-bond acceptors (Lipinski definition) is 7. The summed E-state index contributed by atoms with van der Waals surface area (Å²) in [6, 6.07) is 13.0. The Balaban J connectivity index is 1.25. The molecular formula is C27H34N2O7S. The van der Waals surface area contributed by atoms with Crippen LogP contribution in [-0.4, -0.2) is 94.4 Å². The van der Waals surface area contributed by atoms with E-state index in [9.17, 15) is 13.2 Å². The van der Waals surface area contributed by atoms with Crippen LogP contribution in [0.25, 0.3) is 0 Å². The SMILES string of the molecule is COC1CN(C(=O)c2cc(C)ccc2C)CC1Oc1cccc(CS(=O)(=O)N2CCOC3(COC3)C2)c1. The summed E-state index contributed by atoms with van der Waals surface area (Å²) in [5.41, 5.74) is 2.77. The minimum atomic E-state index is -3.54. The zero-order chi connectivity index (χ0) is 26.2. The number of nitrogens with zero attached hydrogens (tertiary/aromatic N) is 2. The van der Waals surface area contributed by atoms with Crippen LogP contribution in [0.15, 0.2) is 42.5 Å². The normalized spacial score (nSPS) is 23.7. The van der Waals surface area contributed by atoms with Crippen LogP contribution in [0.2, 0.25) is 0 Å². The number of sulfonamides is 1. The van der Waals surface area contributed by atoms with Crippen LogP contribution >= 0.6 is 0 Å². The molecule has 3 heterocycles. The Bertz CT molecular complexity index is 1260. The van der Waals surface area contributed by atoms with Crippen molar-refractivity contribution in [3.63, 3.8) is 0 Å². The van der Waals surface area contributed by atoms with Gasteiger partial charge in [0.15, 0.2) is 0 Å². The van der Waals surface area contributed by atoms with Crippen molar-refractivity contribution in [2.75, 3.05) is 53.1 Å². The molecular weight excluding hydrogens is 496 g/mol. The van der Waals surface area contributed by atoms with E-state index < -0.39 is 15.6 Å². The fourth-order valence-electron chi connectivity index (χ4n) is 5.12. The number of carbonyl (C=O) groups is 1. The van der Waals surface area contributed by atoms with Crippen molar-refractivity contribution in [1.82, 2.24) is 9.21 Å². The summed E-state index contributed by atoms with van der Waals surface area (Å²) in [6.45, 7) is 6.56. The third kappa shape index (κ3) is 5.53. The monoisotopic (exact) mass is 530 g/mol. The first-order valence-electron chi connectivity index (χ1n) is 12.5. The van der Waals surface area contributed by atoms with Gasteiger partial charge in [-0.15, -0.1) is 0 Å². The van der Waals surface area contributed by atoms with Crippen molar-refractivity contribution in [2.45, 2.75) is 37.4 Å². The molecule has 0 aromatic heterocycles. The lowest BCUT2D eigenvalue weighted by molar-refractivity contribution is -0.228. The second kappa shape index (κ2) is 10.3. The Morgan fingerprint density at radius 2 is 1.89 bits per heavy atom. The van der Waals surface area contributed by atoms with Gasteiger partial charge in [0, 0.05) is 25.8 Å². The first-order valence-corrected chi connectivity index (χ1v) is 14.1. The maximum atomic E-state index is 13.2. The molecule has 10 heteroatoms. The van der Waals surface area contributed by atoms with Gasteiger partial charge in [0.2, 0.25) is 10.0 Å². The van der Waals surface area contributed by atoms with E-state index in [4.69, 9.17) is 18.9 Å². The molecule has 0 N–H and O–H groups in total. The van der Waals surface area contributed by atoms with Crippen LogP contribution in [0.1, 0.15) is 27.0 Å². The summed E-state index contributed by atoms with van der Waals surface area (Å²) in [6.07, 6.45) is -0.667. The van der Waals surface area contributed by atoms with Crippen LogP contribution in [0, 0.1) is 13.8 Å². The smallest absolute Gasteiger partial charge is 0.254 e. The summed E-state index contributed by atoms with van der Waals surface area (Å²) >= 11 is 0. The number of ether oxygens (including phenoxy) is 4. The van der Waals surface area contributed by atoms with Crippen LogP contribution < -0.4 is 4.74 Å². The van der Waals surface area contributed by atoms with Gasteiger partial charge in [0.25, 0.3) is 5.91 Å². The second-order valence-electron chi connectivity index (χ2n) is 10.2. The second-order valence-corrected chi connectivity index (χ2v) is 12.2. The summed E-state index contributed by atoms with van der Waals surface area (Å²) in [5, 5.41) is 0. The van der Waals surface area contributed by atoms with Crippen molar-refractivity contribution in [2.24, 2.45) is 0 Å². The summed E-state index contributed by atoms with van der Waals surface area (Å²) in [7, 11) is -1.93. The van der Waals surface area contributed by atoms with E-state index in [1.807, 2.05) is 32.0 Å². The van der Waals surface area contributed by atoms with E-state index in [0.29, 0.717) is 62.9 Å². The molecule has 0 saturated carbocycles. The van der Waals surface area contributed by atoms with E-state index in [1.165, 1.54) is 4.31 Å². The average molecular weight is 531 g/mol. The molecule has 2 atom stereocenters. The minimum Gasteiger partial charge on any atom is -0.486 e. The molecule has 2 aromatic carbocycles. The maximum Gasteiger partial charge on any atom is 0.254 e. The third-order valence-corrected chi connectivity index (χ3v) is 9.10. The number of amides is 1. The molecule has 0 radical (unpaired) electrons. The van der Waals surface area contributed by atoms with Crippen molar-refractivity contribution < 1.29 is 32.2 Å². The van der Waals surface area contributed by atoms with Gasteiger partial charge in [-0.25, -0.2) is 8.42 Å². The summed E-state index contributed by atoms with van der Waals surface area (Å²) in [4.78, 5) is 15.0. The Hall–Kier alpha value is -2.50. The Morgan fingerprint density at radius 3 is 2.62 bits per heavy atom. The van der Waals surface area contributed by atoms with Gasteiger partial charge in [-0.05, 0) is 43.2 Å². The molecule has 3 saturated heterocycles. The van der Waals surface area contributed by atoms with Gasteiger partial charge in [0.05, 0.1) is 38.7 Å². The number of morpholine rings is 1. The van der Waals surface area contributed by atoms with Gasteiger partial charge in [-0.3, -0.25) is 4.79 Å². The lowest BCUT2D eigenvalue weighted by atomic mass is 10.0. The topological polar surface area (TPSA) is 94.6 Å². The molecule has 3 fully saturated rings. The van der Waals surface area contributed by atoms with E-state index in [-0.39, 0.29) is 23.9 Å². The molecule has 9 nitrogen and oxygen atoms in total. The highest BCUT2D eigenvalue weighted by Crippen LogP contribution is 2.29. The molecule has 0 bridgehead atoms. The number of benzene rings is 2. The van der Waals surface area contributed by atoms with Gasteiger partial charge < -0.3 is 23.8 Å². The predicted octanol–water partition coefficient (Wildman–Crippen LogP) is 2.15. The molecule has 200 valence electrons. The fourth-order valence-corrected chi connectivity index (χ4v) is 6.69. The number of hydrogen-bond donors (Lipinski definition) is 0. The molecule has 37 heavy (non-hydrogen) atoms. The molecule has 2 unspecified atom stereocenters. The van der Waals surface area contributed by atoms with E-state index in [2.05, 4.69) is 0 Å². The van der Waals surface area contributed by atoms with Gasteiger partial charge in [-0.2, -0.15) is 4.31 Å².